The van der Waals surface area contributed by atoms with Gasteiger partial charge in [0.15, 0.2) is 0 Å². The number of aryl methyl sites for hydroxylation is 1. The Morgan fingerprint density at radius 2 is 2.62 bits per heavy atom. The zero-order valence-electron chi connectivity index (χ0n) is 7.88. The summed E-state index contributed by atoms with van der Waals surface area (Å²) < 4.78 is 5.77. The van der Waals surface area contributed by atoms with Gasteiger partial charge in [-0.25, -0.2) is 0 Å². The number of hydrogen-bond donors (Lipinski definition) is 1. The normalized spacial score (nSPS) is 22.4. The van der Waals surface area contributed by atoms with Gasteiger partial charge < -0.3 is 10.1 Å². The van der Waals surface area contributed by atoms with Crippen LogP contribution in [0.15, 0.2) is 11.4 Å². The molecule has 1 atom stereocenters. The zero-order valence-corrected chi connectivity index (χ0v) is 8.69. The predicted molar refractivity (Wildman–Crippen MR) is 55.3 cm³/mol. The minimum absolute atomic E-state index is 0.272. The number of fused-ring (bicyclic) bond motifs is 1. The minimum atomic E-state index is 0.272. The lowest BCUT2D eigenvalue weighted by atomic mass is 10.1. The third-order valence-electron chi connectivity index (χ3n) is 2.38. The monoisotopic (exact) mass is 197 g/mol. The van der Waals surface area contributed by atoms with E-state index in [2.05, 4.69) is 16.8 Å². The van der Waals surface area contributed by atoms with E-state index in [4.69, 9.17) is 4.74 Å². The maximum Gasteiger partial charge on any atom is 0.0959 e. The molecular weight excluding hydrogens is 182 g/mol. The Morgan fingerprint density at radius 1 is 1.69 bits per heavy atom. The van der Waals surface area contributed by atoms with Gasteiger partial charge in [-0.3, -0.25) is 0 Å². The van der Waals surface area contributed by atoms with Crippen LogP contribution in [0.25, 0.3) is 0 Å². The SMILES string of the molecule is CNC[C@@H]1OCCCc2sccc21. The Labute approximate surface area is 82.9 Å². The molecule has 1 aromatic heterocycles. The van der Waals surface area contributed by atoms with Crippen LogP contribution in [0.3, 0.4) is 0 Å². The molecule has 0 fully saturated rings. The van der Waals surface area contributed by atoms with E-state index in [0.717, 1.165) is 19.6 Å². The van der Waals surface area contributed by atoms with E-state index in [9.17, 15) is 0 Å². The molecule has 0 aromatic carbocycles. The highest BCUT2D eigenvalue weighted by Gasteiger charge is 2.19. The standard InChI is InChI=1S/C10H15NOS/c1-11-7-9-8-4-6-13-10(8)3-2-5-12-9/h4,6,9,11H,2-3,5,7H2,1H3/t9-/m0/s1. The van der Waals surface area contributed by atoms with Gasteiger partial charge in [0, 0.05) is 18.0 Å². The zero-order chi connectivity index (χ0) is 9.10. The van der Waals surface area contributed by atoms with Crippen LogP contribution in [0.1, 0.15) is 23.0 Å². The third kappa shape index (κ3) is 1.93. The molecule has 2 nitrogen and oxygen atoms in total. The second-order valence-corrected chi connectivity index (χ2v) is 4.32. The summed E-state index contributed by atoms with van der Waals surface area (Å²) in [7, 11) is 1.97. The topological polar surface area (TPSA) is 21.3 Å². The van der Waals surface area contributed by atoms with Gasteiger partial charge in [-0.1, -0.05) is 0 Å². The van der Waals surface area contributed by atoms with Gasteiger partial charge in [0.1, 0.15) is 0 Å². The molecule has 1 aliphatic heterocycles. The van der Waals surface area contributed by atoms with Crippen molar-refractivity contribution >= 4 is 11.3 Å². The van der Waals surface area contributed by atoms with Gasteiger partial charge >= 0.3 is 0 Å². The minimum Gasteiger partial charge on any atom is -0.372 e. The lowest BCUT2D eigenvalue weighted by molar-refractivity contribution is 0.0579. The third-order valence-corrected chi connectivity index (χ3v) is 3.38. The molecule has 1 aromatic rings. The van der Waals surface area contributed by atoms with Crippen LogP contribution in [0, 0.1) is 0 Å². The number of nitrogens with one attached hydrogen (secondary N) is 1. The van der Waals surface area contributed by atoms with Crippen molar-refractivity contribution in [1.29, 1.82) is 0 Å². The smallest absolute Gasteiger partial charge is 0.0959 e. The van der Waals surface area contributed by atoms with Gasteiger partial charge in [0.05, 0.1) is 6.10 Å². The summed E-state index contributed by atoms with van der Waals surface area (Å²) in [5.41, 5.74) is 1.40. The van der Waals surface area contributed by atoms with Crippen molar-refractivity contribution in [3.8, 4) is 0 Å². The molecule has 0 unspecified atom stereocenters. The molecule has 0 radical (unpaired) electrons. The molecule has 0 aliphatic carbocycles. The first-order chi connectivity index (χ1) is 6.42. The molecule has 1 N–H and O–H groups in total. The van der Waals surface area contributed by atoms with Crippen molar-refractivity contribution in [3.05, 3.63) is 21.9 Å². The average Bonchev–Trinajstić information content (AvgIpc) is 2.52. The average molecular weight is 197 g/mol. The van der Waals surface area contributed by atoms with E-state index in [1.165, 1.54) is 16.9 Å². The predicted octanol–water partition coefficient (Wildman–Crippen LogP) is 1.97. The fourth-order valence-corrected chi connectivity index (χ4v) is 2.72. The van der Waals surface area contributed by atoms with Crippen LogP contribution in [0.5, 0.6) is 0 Å². The van der Waals surface area contributed by atoms with Gasteiger partial charge in [-0.2, -0.15) is 0 Å². The molecular formula is C10H15NOS. The van der Waals surface area contributed by atoms with Crippen LogP contribution in [0.4, 0.5) is 0 Å². The van der Waals surface area contributed by atoms with Crippen molar-refractivity contribution in [2.24, 2.45) is 0 Å². The molecule has 72 valence electrons. The first kappa shape index (κ1) is 9.19. The number of hydrogen-bond acceptors (Lipinski definition) is 3. The molecule has 0 saturated heterocycles. The first-order valence-corrected chi connectivity index (χ1v) is 5.62. The van der Waals surface area contributed by atoms with Gasteiger partial charge in [-0.15, -0.1) is 11.3 Å². The van der Waals surface area contributed by atoms with Crippen molar-refractivity contribution < 1.29 is 4.74 Å². The molecule has 0 bridgehead atoms. The van der Waals surface area contributed by atoms with E-state index >= 15 is 0 Å². The summed E-state index contributed by atoms with van der Waals surface area (Å²) in [5, 5.41) is 5.34. The molecule has 1 aliphatic rings. The van der Waals surface area contributed by atoms with E-state index in [0.29, 0.717) is 0 Å². The quantitative estimate of drug-likeness (QED) is 0.782. The maximum absolute atomic E-state index is 5.77. The van der Waals surface area contributed by atoms with Crippen molar-refractivity contribution in [2.45, 2.75) is 18.9 Å². The van der Waals surface area contributed by atoms with E-state index in [1.807, 2.05) is 18.4 Å². The Balaban J connectivity index is 2.20. The Morgan fingerprint density at radius 3 is 3.46 bits per heavy atom. The molecule has 0 amide bonds. The van der Waals surface area contributed by atoms with Crippen molar-refractivity contribution in [3.63, 3.8) is 0 Å². The highest BCUT2D eigenvalue weighted by atomic mass is 32.1. The molecule has 3 heteroatoms. The highest BCUT2D eigenvalue weighted by molar-refractivity contribution is 7.10. The molecule has 13 heavy (non-hydrogen) atoms. The van der Waals surface area contributed by atoms with E-state index in [1.54, 1.807) is 0 Å². The Bertz CT molecular complexity index is 272. The summed E-state index contributed by atoms with van der Waals surface area (Å²) in [5.74, 6) is 0. The first-order valence-electron chi connectivity index (χ1n) is 4.74. The molecule has 2 heterocycles. The van der Waals surface area contributed by atoms with Crippen molar-refractivity contribution in [1.82, 2.24) is 5.32 Å². The highest BCUT2D eigenvalue weighted by Crippen LogP contribution is 2.29. The number of rotatable bonds is 2. The summed E-state index contributed by atoms with van der Waals surface area (Å²) in [6.45, 7) is 1.82. The van der Waals surface area contributed by atoms with E-state index < -0.39 is 0 Å². The fraction of sp³-hybridized carbons (Fsp3) is 0.600. The van der Waals surface area contributed by atoms with Crippen LogP contribution >= 0.6 is 11.3 Å². The second kappa shape index (κ2) is 4.22. The number of likely N-dealkylation sites (N-methyl/N-ethyl adjacent to an activating group) is 1. The Kier molecular flexibility index (Phi) is 2.98. The Hall–Kier alpha value is -0.380. The summed E-state index contributed by atoms with van der Waals surface area (Å²) >= 11 is 1.86. The summed E-state index contributed by atoms with van der Waals surface area (Å²) in [6.07, 6.45) is 2.62. The molecule has 2 rings (SSSR count). The number of ether oxygens (including phenoxy) is 1. The summed E-state index contributed by atoms with van der Waals surface area (Å²) in [6, 6.07) is 2.20. The summed E-state index contributed by atoms with van der Waals surface area (Å²) in [4.78, 5) is 1.51. The number of thiophene rings is 1. The molecule has 0 saturated carbocycles. The van der Waals surface area contributed by atoms with Crippen molar-refractivity contribution in [2.75, 3.05) is 20.2 Å². The van der Waals surface area contributed by atoms with Crippen LogP contribution in [0.2, 0.25) is 0 Å². The van der Waals surface area contributed by atoms with Crippen LogP contribution in [-0.4, -0.2) is 20.2 Å². The van der Waals surface area contributed by atoms with Crippen LogP contribution in [-0.2, 0) is 11.2 Å². The lowest BCUT2D eigenvalue weighted by Crippen LogP contribution is -2.19. The van der Waals surface area contributed by atoms with Crippen LogP contribution < -0.4 is 5.32 Å². The maximum atomic E-state index is 5.77. The largest absolute Gasteiger partial charge is 0.372 e. The van der Waals surface area contributed by atoms with E-state index in [-0.39, 0.29) is 6.10 Å². The lowest BCUT2D eigenvalue weighted by Gasteiger charge is -2.14. The van der Waals surface area contributed by atoms with Gasteiger partial charge in [0.2, 0.25) is 0 Å². The second-order valence-electron chi connectivity index (χ2n) is 3.32. The van der Waals surface area contributed by atoms with Gasteiger partial charge in [-0.05, 0) is 36.9 Å². The van der Waals surface area contributed by atoms with Gasteiger partial charge in [0.25, 0.3) is 0 Å². The fourth-order valence-electron chi connectivity index (χ4n) is 1.74. The molecule has 0 spiro atoms.